The van der Waals surface area contributed by atoms with Crippen LogP contribution in [0, 0.1) is 29.4 Å². The van der Waals surface area contributed by atoms with E-state index in [9.17, 15) is 18.0 Å². The summed E-state index contributed by atoms with van der Waals surface area (Å²) in [6.45, 7) is 9.10. The zero-order valence-electron chi connectivity index (χ0n) is 36.5. The van der Waals surface area contributed by atoms with Gasteiger partial charge in [-0.05, 0) is 89.3 Å². The fraction of sp³-hybridized carbons (Fsp3) is 0.565. The third kappa shape index (κ3) is 8.53. The molecule has 0 radical (unpaired) electrons. The van der Waals surface area contributed by atoms with Crippen LogP contribution in [0.15, 0.2) is 24.3 Å². The third-order valence-corrected chi connectivity index (χ3v) is 13.0. The number of piperazine rings is 1. The number of hydrogen-bond acceptors (Lipinski definition) is 11. The standard InChI is InChI=1S/C46H53F5N6O6/c1-8-28-22-56-29(23-57(28)42(58)63-43(3,4)5)11-13-34-36-39(37(48)38(52-34)32-21-30(62-26-59-6)20-27-10-12-33(47)31(9-2)35(27)32)53-41(54-40(36)56)61-25-44(14-15-44)24-55-18-16-45(60-7,17-19-55)46(49,50)51/h2,10,12,20-21,28-29H,8,11,13-19,22-26H2,1,3-7H3/t28-,29-/m1/s1. The summed E-state index contributed by atoms with van der Waals surface area (Å²) < 4.78 is 103. The highest BCUT2D eigenvalue weighted by Gasteiger charge is 2.57. The zero-order chi connectivity index (χ0) is 45.1. The number of benzene rings is 2. The second-order valence-corrected chi connectivity index (χ2v) is 18.3. The molecule has 5 heterocycles. The lowest BCUT2D eigenvalue weighted by atomic mass is 9.89. The van der Waals surface area contributed by atoms with Crippen LogP contribution in [-0.4, -0.2) is 121 Å². The average Bonchev–Trinajstić information content (AvgIpc) is 4.04. The minimum atomic E-state index is -4.47. The number of fused-ring (bicyclic) bond motifs is 3. The highest BCUT2D eigenvalue weighted by Crippen LogP contribution is 2.49. The monoisotopic (exact) mass is 880 g/mol. The predicted molar refractivity (Wildman–Crippen MR) is 226 cm³/mol. The Morgan fingerprint density at radius 2 is 1.73 bits per heavy atom. The number of carbonyl (C=O) groups excluding carboxylic acids is 1. The first-order valence-corrected chi connectivity index (χ1v) is 21.4. The van der Waals surface area contributed by atoms with Crippen LogP contribution in [0.5, 0.6) is 11.8 Å². The number of methoxy groups -OCH3 is 2. The smallest absolute Gasteiger partial charge is 0.417 e. The molecule has 0 N–H and O–H groups in total. The maximum atomic E-state index is 17.7. The van der Waals surface area contributed by atoms with Gasteiger partial charge in [0.25, 0.3) is 0 Å². The van der Waals surface area contributed by atoms with Gasteiger partial charge < -0.3 is 38.4 Å². The van der Waals surface area contributed by atoms with E-state index in [4.69, 9.17) is 45.1 Å². The van der Waals surface area contributed by atoms with Gasteiger partial charge in [-0.25, -0.2) is 18.6 Å². The Balaban J connectivity index is 1.21. The molecule has 2 saturated heterocycles. The van der Waals surface area contributed by atoms with Crippen molar-refractivity contribution in [3.05, 3.63) is 47.2 Å². The normalized spacial score (nSPS) is 20.9. The molecule has 12 nitrogen and oxygen atoms in total. The molecule has 0 spiro atoms. The number of nitrogens with zero attached hydrogens (tertiary/aromatic N) is 6. The zero-order valence-corrected chi connectivity index (χ0v) is 36.5. The summed E-state index contributed by atoms with van der Waals surface area (Å²) in [6.07, 6.45) is 3.65. The van der Waals surface area contributed by atoms with E-state index in [1.54, 1.807) is 17.0 Å². The number of anilines is 1. The minimum absolute atomic E-state index is 0.0581. The van der Waals surface area contributed by atoms with Crippen LogP contribution in [0.4, 0.5) is 32.6 Å². The topological polar surface area (TPSA) is 112 Å². The number of pyridine rings is 1. The van der Waals surface area contributed by atoms with Gasteiger partial charge in [0.05, 0.1) is 29.3 Å². The van der Waals surface area contributed by atoms with Gasteiger partial charge in [-0.3, -0.25) is 0 Å². The molecule has 0 bridgehead atoms. The van der Waals surface area contributed by atoms with Crippen molar-refractivity contribution in [1.82, 2.24) is 24.8 Å². The number of rotatable bonds is 11. The Kier molecular flexibility index (Phi) is 11.9. The largest absolute Gasteiger partial charge is 0.468 e. The number of halogens is 5. The Labute approximate surface area is 363 Å². The first-order chi connectivity index (χ1) is 29.9. The number of alkyl halides is 3. The summed E-state index contributed by atoms with van der Waals surface area (Å²) in [7, 11) is 2.58. The molecule has 2 aromatic carbocycles. The molecule has 4 aliphatic rings. The highest BCUT2D eigenvalue weighted by atomic mass is 19.4. The number of piperidine rings is 1. The van der Waals surface area contributed by atoms with Gasteiger partial charge in [0.15, 0.2) is 18.2 Å². The van der Waals surface area contributed by atoms with E-state index in [0.29, 0.717) is 66.9 Å². The molecular formula is C46H53F5N6O6. The van der Waals surface area contributed by atoms with E-state index in [2.05, 4.69) is 10.8 Å². The van der Waals surface area contributed by atoms with E-state index in [-0.39, 0.29) is 90.6 Å². The molecule has 1 aliphatic carbocycles. The summed E-state index contributed by atoms with van der Waals surface area (Å²) >= 11 is 0. The number of carbonyl (C=O) groups is 1. The van der Waals surface area contributed by atoms with Gasteiger partial charge in [0, 0.05) is 69.3 Å². The van der Waals surface area contributed by atoms with Crippen LogP contribution in [0.2, 0.25) is 0 Å². The SMILES string of the molecule is C#Cc1c(F)ccc2cc(OCOC)cc(-c3nc4c5c(nc(OCC6(CN7CCC(OC)(C(F)(F)F)CC7)CC6)nc5c3F)N3C[C@@H](CC)N(C(=O)OC(C)(C)C)C[C@H]3CC4)c12. The van der Waals surface area contributed by atoms with Gasteiger partial charge in [-0.1, -0.05) is 18.9 Å². The maximum Gasteiger partial charge on any atom is 0.417 e. The first kappa shape index (κ1) is 44.6. The lowest BCUT2D eigenvalue weighted by Gasteiger charge is -2.46. The molecule has 1 amide bonds. The summed E-state index contributed by atoms with van der Waals surface area (Å²) in [5.74, 6) is 1.70. The van der Waals surface area contributed by atoms with Crippen molar-refractivity contribution in [2.75, 3.05) is 65.2 Å². The highest BCUT2D eigenvalue weighted by molar-refractivity contribution is 6.03. The molecule has 3 fully saturated rings. The second-order valence-electron chi connectivity index (χ2n) is 18.3. The van der Waals surface area contributed by atoms with E-state index in [1.807, 2.05) is 32.6 Å². The number of likely N-dealkylation sites (tertiary alicyclic amines) is 1. The Morgan fingerprint density at radius 3 is 2.37 bits per heavy atom. The summed E-state index contributed by atoms with van der Waals surface area (Å²) in [6, 6.07) is 5.38. The number of aromatic nitrogens is 3. The number of amides is 1. The van der Waals surface area contributed by atoms with Crippen LogP contribution in [0.3, 0.4) is 0 Å². The van der Waals surface area contributed by atoms with Crippen molar-refractivity contribution in [2.45, 2.75) is 102 Å². The van der Waals surface area contributed by atoms with E-state index in [0.717, 1.165) is 20.0 Å². The number of ether oxygens (including phenoxy) is 5. The summed E-state index contributed by atoms with van der Waals surface area (Å²) in [5, 5.41) is 1.15. The van der Waals surface area contributed by atoms with Crippen molar-refractivity contribution < 1.29 is 50.4 Å². The summed E-state index contributed by atoms with van der Waals surface area (Å²) in [5.41, 5.74) is -2.80. The maximum absolute atomic E-state index is 17.7. The first-order valence-electron chi connectivity index (χ1n) is 21.4. The molecule has 63 heavy (non-hydrogen) atoms. The predicted octanol–water partition coefficient (Wildman–Crippen LogP) is 8.44. The van der Waals surface area contributed by atoms with E-state index in [1.165, 1.54) is 19.2 Å². The average molecular weight is 881 g/mol. The van der Waals surface area contributed by atoms with Gasteiger partial charge in [0.2, 0.25) is 0 Å². The molecule has 1 saturated carbocycles. The minimum Gasteiger partial charge on any atom is -0.468 e. The molecule has 8 rings (SSSR count). The van der Waals surface area contributed by atoms with E-state index >= 15 is 8.78 Å². The third-order valence-electron chi connectivity index (χ3n) is 13.0. The Bertz CT molecular complexity index is 2440. The number of aryl methyl sites for hydroxylation is 1. The Morgan fingerprint density at radius 1 is 0.984 bits per heavy atom. The van der Waals surface area contributed by atoms with Crippen LogP contribution < -0.4 is 14.4 Å². The van der Waals surface area contributed by atoms with Crippen molar-refractivity contribution in [1.29, 1.82) is 0 Å². The lowest BCUT2D eigenvalue weighted by molar-refractivity contribution is -0.282. The molecule has 17 heteroatoms. The van der Waals surface area contributed by atoms with Gasteiger partial charge in [0.1, 0.15) is 34.2 Å². The van der Waals surface area contributed by atoms with Crippen molar-refractivity contribution in [3.63, 3.8) is 0 Å². The van der Waals surface area contributed by atoms with Gasteiger partial charge in [-0.2, -0.15) is 23.1 Å². The van der Waals surface area contributed by atoms with Crippen LogP contribution in [0.1, 0.15) is 77.5 Å². The molecule has 2 atom stereocenters. The fourth-order valence-electron chi connectivity index (χ4n) is 9.33. The van der Waals surface area contributed by atoms with Gasteiger partial charge in [-0.15, -0.1) is 6.42 Å². The summed E-state index contributed by atoms with van der Waals surface area (Å²) in [4.78, 5) is 34.1. The van der Waals surface area contributed by atoms with Crippen molar-refractivity contribution in [2.24, 2.45) is 5.41 Å². The van der Waals surface area contributed by atoms with Crippen molar-refractivity contribution >= 4 is 33.6 Å². The molecule has 338 valence electrons. The van der Waals surface area contributed by atoms with Crippen LogP contribution in [0.25, 0.3) is 32.9 Å². The van der Waals surface area contributed by atoms with Crippen molar-refractivity contribution in [3.8, 4) is 35.4 Å². The number of terminal acetylenes is 1. The molecular weight excluding hydrogens is 828 g/mol. The molecule has 0 unspecified atom stereocenters. The Hall–Kier alpha value is -5.05. The lowest BCUT2D eigenvalue weighted by Crippen LogP contribution is -2.60. The van der Waals surface area contributed by atoms with Gasteiger partial charge >= 0.3 is 18.3 Å². The second kappa shape index (κ2) is 16.8. The molecule has 3 aliphatic heterocycles. The fourth-order valence-corrected chi connectivity index (χ4v) is 9.33. The number of hydrogen-bond donors (Lipinski definition) is 0. The molecule has 4 aromatic rings. The quantitative estimate of drug-likeness (QED) is 0.0823. The van der Waals surface area contributed by atoms with E-state index < -0.39 is 35.1 Å². The van der Waals surface area contributed by atoms with Crippen LogP contribution in [-0.2, 0) is 20.6 Å². The van der Waals surface area contributed by atoms with Crippen LogP contribution >= 0.6 is 0 Å². The molecule has 2 aromatic heterocycles.